The summed E-state index contributed by atoms with van der Waals surface area (Å²) in [5, 5.41) is 9.36. The zero-order valence-electron chi connectivity index (χ0n) is 8.47. The summed E-state index contributed by atoms with van der Waals surface area (Å²) in [6.07, 6.45) is -6.21. The summed E-state index contributed by atoms with van der Waals surface area (Å²) in [7, 11) is 0. The molecule has 0 aliphatic rings. The van der Waals surface area contributed by atoms with Crippen LogP contribution in [0, 0.1) is 0 Å². The van der Waals surface area contributed by atoms with Crippen molar-refractivity contribution in [2.24, 2.45) is 0 Å². The van der Waals surface area contributed by atoms with Gasteiger partial charge in [0.2, 0.25) is 0 Å². The van der Waals surface area contributed by atoms with E-state index in [4.69, 9.17) is 16.7 Å². The molecule has 1 aromatic carbocycles. The number of aryl methyl sites for hydroxylation is 1. The van der Waals surface area contributed by atoms with Gasteiger partial charge in [0.15, 0.2) is 0 Å². The highest BCUT2D eigenvalue weighted by atomic mass is 35.5. The Balaban J connectivity index is 2.33. The fourth-order valence-electron chi connectivity index (χ4n) is 1.31. The van der Waals surface area contributed by atoms with Crippen LogP contribution in [0.5, 0.6) is 0 Å². The third-order valence-electron chi connectivity index (χ3n) is 2.23. The highest BCUT2D eigenvalue weighted by Crippen LogP contribution is 2.23. The second kappa shape index (κ2) is 5.55. The van der Waals surface area contributed by atoms with E-state index in [1.54, 1.807) is 24.3 Å². The molecule has 16 heavy (non-hydrogen) atoms. The van der Waals surface area contributed by atoms with E-state index in [1.807, 2.05) is 0 Å². The van der Waals surface area contributed by atoms with Crippen molar-refractivity contribution in [2.45, 2.75) is 31.5 Å². The van der Waals surface area contributed by atoms with Crippen LogP contribution in [-0.4, -0.2) is 17.4 Å². The van der Waals surface area contributed by atoms with Crippen LogP contribution in [0.3, 0.4) is 0 Å². The average Bonchev–Trinajstić information content (AvgIpc) is 2.19. The average molecular weight is 253 g/mol. The van der Waals surface area contributed by atoms with Crippen LogP contribution in [0.4, 0.5) is 13.2 Å². The maximum Gasteiger partial charge on any atom is 0.414 e. The molecular formula is C11H12ClF3O. The normalized spacial score (nSPS) is 13.8. The van der Waals surface area contributed by atoms with Gasteiger partial charge in [-0.05, 0) is 37.0 Å². The standard InChI is InChI=1S/C11H12ClF3O/c12-9-6-4-8(5-7-9)2-1-3-10(16)11(13,14)15/h4-7,10,16H,1-3H2. The van der Waals surface area contributed by atoms with Gasteiger partial charge in [-0.15, -0.1) is 0 Å². The lowest BCUT2D eigenvalue weighted by Gasteiger charge is -2.13. The summed E-state index contributed by atoms with van der Waals surface area (Å²) in [6, 6.07) is 6.92. The predicted molar refractivity (Wildman–Crippen MR) is 56.5 cm³/mol. The highest BCUT2D eigenvalue weighted by Gasteiger charge is 2.37. The number of aliphatic hydroxyl groups excluding tert-OH is 1. The smallest absolute Gasteiger partial charge is 0.384 e. The highest BCUT2D eigenvalue weighted by molar-refractivity contribution is 6.30. The van der Waals surface area contributed by atoms with E-state index in [9.17, 15) is 13.2 Å². The largest absolute Gasteiger partial charge is 0.414 e. The molecule has 0 amide bonds. The number of rotatable bonds is 4. The van der Waals surface area contributed by atoms with Gasteiger partial charge in [0, 0.05) is 5.02 Å². The van der Waals surface area contributed by atoms with Crippen LogP contribution in [0.1, 0.15) is 18.4 Å². The molecule has 0 aliphatic carbocycles. The van der Waals surface area contributed by atoms with Crippen molar-refractivity contribution in [1.29, 1.82) is 0 Å². The Morgan fingerprint density at radius 2 is 1.75 bits per heavy atom. The van der Waals surface area contributed by atoms with E-state index in [0.717, 1.165) is 5.56 Å². The monoisotopic (exact) mass is 252 g/mol. The van der Waals surface area contributed by atoms with Crippen molar-refractivity contribution in [3.63, 3.8) is 0 Å². The summed E-state index contributed by atoms with van der Waals surface area (Å²) in [4.78, 5) is 0. The van der Waals surface area contributed by atoms with Crippen molar-refractivity contribution in [3.05, 3.63) is 34.9 Å². The van der Waals surface area contributed by atoms with E-state index >= 15 is 0 Å². The van der Waals surface area contributed by atoms with Gasteiger partial charge in [0.05, 0.1) is 0 Å². The fourth-order valence-corrected chi connectivity index (χ4v) is 1.44. The summed E-state index contributed by atoms with van der Waals surface area (Å²) in [5.74, 6) is 0. The Hall–Kier alpha value is -0.740. The Labute approximate surface area is 96.9 Å². The summed E-state index contributed by atoms with van der Waals surface area (Å²) in [5.41, 5.74) is 0.916. The molecule has 5 heteroatoms. The molecule has 1 unspecified atom stereocenters. The lowest BCUT2D eigenvalue weighted by Crippen LogP contribution is -2.28. The second-order valence-corrected chi connectivity index (χ2v) is 4.01. The molecular weight excluding hydrogens is 241 g/mol. The van der Waals surface area contributed by atoms with Crippen molar-refractivity contribution in [3.8, 4) is 0 Å². The SMILES string of the molecule is OC(CCCc1ccc(Cl)cc1)C(F)(F)F. The van der Waals surface area contributed by atoms with Crippen LogP contribution in [0.25, 0.3) is 0 Å². The Morgan fingerprint density at radius 3 is 2.25 bits per heavy atom. The van der Waals surface area contributed by atoms with Gasteiger partial charge in [0.25, 0.3) is 0 Å². The zero-order valence-corrected chi connectivity index (χ0v) is 9.22. The predicted octanol–water partition coefficient (Wildman–Crippen LogP) is 3.59. The van der Waals surface area contributed by atoms with Crippen molar-refractivity contribution < 1.29 is 18.3 Å². The summed E-state index contributed by atoms with van der Waals surface area (Å²) in [6.45, 7) is 0. The van der Waals surface area contributed by atoms with E-state index in [1.165, 1.54) is 0 Å². The summed E-state index contributed by atoms with van der Waals surface area (Å²) < 4.78 is 35.9. The number of hydrogen-bond acceptors (Lipinski definition) is 1. The molecule has 0 bridgehead atoms. The molecule has 0 saturated heterocycles. The van der Waals surface area contributed by atoms with Crippen LogP contribution in [0.15, 0.2) is 24.3 Å². The first-order chi connectivity index (χ1) is 7.39. The maximum absolute atomic E-state index is 12.0. The summed E-state index contributed by atoms with van der Waals surface area (Å²) >= 11 is 5.67. The second-order valence-electron chi connectivity index (χ2n) is 3.58. The molecule has 0 heterocycles. The van der Waals surface area contributed by atoms with Crippen molar-refractivity contribution in [2.75, 3.05) is 0 Å². The van der Waals surface area contributed by atoms with E-state index < -0.39 is 12.3 Å². The molecule has 1 aromatic rings. The van der Waals surface area contributed by atoms with E-state index in [-0.39, 0.29) is 6.42 Å². The van der Waals surface area contributed by atoms with Crippen LogP contribution < -0.4 is 0 Å². The molecule has 0 aromatic heterocycles. The lowest BCUT2D eigenvalue weighted by molar-refractivity contribution is -0.205. The quantitative estimate of drug-likeness (QED) is 0.868. The van der Waals surface area contributed by atoms with Gasteiger partial charge in [-0.3, -0.25) is 0 Å². The molecule has 0 aliphatic heterocycles. The Morgan fingerprint density at radius 1 is 1.19 bits per heavy atom. The molecule has 1 atom stereocenters. The minimum atomic E-state index is -4.51. The van der Waals surface area contributed by atoms with Gasteiger partial charge < -0.3 is 5.11 Å². The molecule has 90 valence electrons. The minimum absolute atomic E-state index is 0.272. The molecule has 1 rings (SSSR count). The number of alkyl halides is 3. The third-order valence-corrected chi connectivity index (χ3v) is 2.49. The first-order valence-corrected chi connectivity index (χ1v) is 5.26. The van der Waals surface area contributed by atoms with Crippen molar-refractivity contribution in [1.82, 2.24) is 0 Å². The van der Waals surface area contributed by atoms with Crippen LogP contribution in [0.2, 0.25) is 5.02 Å². The van der Waals surface area contributed by atoms with Gasteiger partial charge in [-0.1, -0.05) is 23.7 Å². The first kappa shape index (κ1) is 13.3. The van der Waals surface area contributed by atoms with Gasteiger partial charge in [-0.2, -0.15) is 13.2 Å². The van der Waals surface area contributed by atoms with Crippen LogP contribution in [-0.2, 0) is 6.42 Å². The van der Waals surface area contributed by atoms with Gasteiger partial charge in [-0.25, -0.2) is 0 Å². The molecule has 1 nitrogen and oxygen atoms in total. The lowest BCUT2D eigenvalue weighted by atomic mass is 10.1. The number of aliphatic hydroxyl groups is 1. The number of hydrogen-bond donors (Lipinski definition) is 1. The Bertz CT molecular complexity index is 321. The van der Waals surface area contributed by atoms with Gasteiger partial charge in [0.1, 0.15) is 6.10 Å². The topological polar surface area (TPSA) is 20.2 Å². The minimum Gasteiger partial charge on any atom is -0.384 e. The molecule has 0 spiro atoms. The molecule has 1 N–H and O–H groups in total. The molecule has 0 fully saturated rings. The Kier molecular flexibility index (Phi) is 4.62. The number of halogens is 4. The zero-order chi connectivity index (χ0) is 12.2. The van der Waals surface area contributed by atoms with Crippen LogP contribution >= 0.6 is 11.6 Å². The van der Waals surface area contributed by atoms with Crippen molar-refractivity contribution >= 4 is 11.6 Å². The molecule has 0 saturated carbocycles. The first-order valence-electron chi connectivity index (χ1n) is 4.89. The molecule has 0 radical (unpaired) electrons. The van der Waals surface area contributed by atoms with Gasteiger partial charge >= 0.3 is 6.18 Å². The third kappa shape index (κ3) is 4.41. The van der Waals surface area contributed by atoms with E-state index in [0.29, 0.717) is 17.9 Å². The van der Waals surface area contributed by atoms with E-state index in [2.05, 4.69) is 0 Å². The fraction of sp³-hybridized carbons (Fsp3) is 0.455. The maximum atomic E-state index is 12.0. The number of benzene rings is 1.